The number of para-hydroxylation sites is 1. The van der Waals surface area contributed by atoms with Crippen molar-refractivity contribution in [2.75, 3.05) is 10.6 Å². The third-order valence-electron chi connectivity index (χ3n) is 4.49. The standard InChI is InChI=1S/C25H20N2O4/c28-24(21-12-4-5-13-22(21)31-17-18-8-2-1-3-9-18)26-19-10-6-11-20(16-19)27-25(29)23-14-7-15-30-23/h1-16H,17H2,(H,26,28)(H,27,29). The second-order valence-electron chi connectivity index (χ2n) is 6.74. The highest BCUT2D eigenvalue weighted by Gasteiger charge is 2.14. The second kappa shape index (κ2) is 9.45. The Hall–Kier alpha value is -4.32. The summed E-state index contributed by atoms with van der Waals surface area (Å²) in [5.74, 6) is 0.0244. The zero-order valence-corrected chi connectivity index (χ0v) is 16.6. The third kappa shape index (κ3) is 5.19. The Kier molecular flexibility index (Phi) is 6.09. The van der Waals surface area contributed by atoms with E-state index >= 15 is 0 Å². The lowest BCUT2D eigenvalue weighted by Crippen LogP contribution is -2.14. The minimum atomic E-state index is -0.367. The number of amides is 2. The van der Waals surface area contributed by atoms with Gasteiger partial charge >= 0.3 is 0 Å². The summed E-state index contributed by atoms with van der Waals surface area (Å²) in [6, 6.07) is 26.9. The van der Waals surface area contributed by atoms with Crippen LogP contribution in [0.15, 0.2) is 102 Å². The van der Waals surface area contributed by atoms with E-state index in [1.54, 1.807) is 54.6 Å². The first-order chi connectivity index (χ1) is 15.2. The van der Waals surface area contributed by atoms with Gasteiger partial charge in [0.25, 0.3) is 11.8 Å². The maximum absolute atomic E-state index is 12.9. The number of anilines is 2. The van der Waals surface area contributed by atoms with E-state index in [4.69, 9.17) is 9.15 Å². The fourth-order valence-electron chi connectivity index (χ4n) is 2.99. The van der Waals surface area contributed by atoms with E-state index in [1.807, 2.05) is 36.4 Å². The van der Waals surface area contributed by atoms with Crippen LogP contribution in [0, 0.1) is 0 Å². The number of carbonyl (C=O) groups excluding carboxylic acids is 2. The van der Waals surface area contributed by atoms with Gasteiger partial charge in [0.2, 0.25) is 0 Å². The predicted molar refractivity (Wildman–Crippen MR) is 118 cm³/mol. The summed E-state index contributed by atoms with van der Waals surface area (Å²) in [5, 5.41) is 5.59. The number of benzene rings is 3. The molecule has 0 aliphatic rings. The molecule has 6 nitrogen and oxygen atoms in total. The van der Waals surface area contributed by atoms with Gasteiger partial charge < -0.3 is 19.8 Å². The van der Waals surface area contributed by atoms with Gasteiger partial charge in [0, 0.05) is 11.4 Å². The van der Waals surface area contributed by atoms with Gasteiger partial charge in [-0.3, -0.25) is 9.59 Å². The van der Waals surface area contributed by atoms with Gasteiger partial charge in [-0.25, -0.2) is 0 Å². The van der Waals surface area contributed by atoms with Crippen LogP contribution in [-0.2, 0) is 6.61 Å². The van der Waals surface area contributed by atoms with Gasteiger partial charge in [-0.15, -0.1) is 0 Å². The lowest BCUT2D eigenvalue weighted by Gasteiger charge is -2.12. The van der Waals surface area contributed by atoms with E-state index < -0.39 is 0 Å². The molecule has 0 fully saturated rings. The Morgan fingerprint density at radius 3 is 2.19 bits per heavy atom. The van der Waals surface area contributed by atoms with Crippen LogP contribution in [0.1, 0.15) is 26.5 Å². The van der Waals surface area contributed by atoms with Crippen molar-refractivity contribution in [3.63, 3.8) is 0 Å². The monoisotopic (exact) mass is 412 g/mol. The molecule has 0 spiro atoms. The van der Waals surface area contributed by atoms with Crippen LogP contribution in [0.5, 0.6) is 5.75 Å². The number of carbonyl (C=O) groups is 2. The first-order valence-corrected chi connectivity index (χ1v) is 9.71. The third-order valence-corrected chi connectivity index (χ3v) is 4.49. The molecule has 6 heteroatoms. The molecular formula is C25H20N2O4. The van der Waals surface area contributed by atoms with E-state index in [0.29, 0.717) is 29.3 Å². The van der Waals surface area contributed by atoms with Crippen LogP contribution in [0.3, 0.4) is 0 Å². The fourth-order valence-corrected chi connectivity index (χ4v) is 2.99. The molecule has 4 rings (SSSR count). The fraction of sp³-hybridized carbons (Fsp3) is 0.0400. The highest BCUT2D eigenvalue weighted by molar-refractivity contribution is 6.07. The van der Waals surface area contributed by atoms with Crippen LogP contribution in [0.4, 0.5) is 11.4 Å². The molecule has 1 heterocycles. The molecular weight excluding hydrogens is 392 g/mol. The van der Waals surface area contributed by atoms with Crippen molar-refractivity contribution in [2.24, 2.45) is 0 Å². The van der Waals surface area contributed by atoms with Gasteiger partial charge in [-0.05, 0) is 48.0 Å². The van der Waals surface area contributed by atoms with Crippen LogP contribution >= 0.6 is 0 Å². The normalized spacial score (nSPS) is 10.3. The molecule has 2 amide bonds. The molecule has 0 unspecified atom stereocenters. The average Bonchev–Trinajstić information content (AvgIpc) is 3.34. The summed E-state index contributed by atoms with van der Waals surface area (Å²) in [4.78, 5) is 25.0. The predicted octanol–water partition coefficient (Wildman–Crippen LogP) is 5.36. The maximum atomic E-state index is 12.9. The lowest BCUT2D eigenvalue weighted by atomic mass is 10.1. The van der Waals surface area contributed by atoms with Crippen molar-refractivity contribution in [3.8, 4) is 5.75 Å². The van der Waals surface area contributed by atoms with Gasteiger partial charge in [0.1, 0.15) is 12.4 Å². The Morgan fingerprint density at radius 1 is 0.742 bits per heavy atom. The maximum Gasteiger partial charge on any atom is 0.291 e. The molecule has 2 N–H and O–H groups in total. The SMILES string of the molecule is O=C(Nc1cccc(NC(=O)c2ccccc2OCc2ccccc2)c1)c1ccco1. The topological polar surface area (TPSA) is 80.6 Å². The van der Waals surface area contributed by atoms with E-state index in [-0.39, 0.29) is 17.6 Å². The number of hydrogen-bond donors (Lipinski definition) is 2. The molecule has 0 aliphatic heterocycles. The Bertz CT molecular complexity index is 1170. The van der Waals surface area contributed by atoms with Gasteiger partial charge in [0.15, 0.2) is 5.76 Å². The summed E-state index contributed by atoms with van der Waals surface area (Å²) >= 11 is 0. The van der Waals surface area contributed by atoms with Crippen molar-refractivity contribution >= 4 is 23.2 Å². The van der Waals surface area contributed by atoms with Gasteiger partial charge in [-0.1, -0.05) is 48.5 Å². The van der Waals surface area contributed by atoms with Crippen molar-refractivity contribution in [3.05, 3.63) is 114 Å². The molecule has 31 heavy (non-hydrogen) atoms. The van der Waals surface area contributed by atoms with Crippen LogP contribution < -0.4 is 15.4 Å². The van der Waals surface area contributed by atoms with Gasteiger partial charge in [0.05, 0.1) is 11.8 Å². The molecule has 0 saturated heterocycles. The van der Waals surface area contributed by atoms with Crippen LogP contribution in [0.2, 0.25) is 0 Å². The van der Waals surface area contributed by atoms with E-state index in [9.17, 15) is 9.59 Å². The summed E-state index contributed by atoms with van der Waals surface area (Å²) in [5.41, 5.74) is 2.51. The number of furan rings is 1. The van der Waals surface area contributed by atoms with Crippen molar-refractivity contribution in [1.82, 2.24) is 0 Å². The number of ether oxygens (including phenoxy) is 1. The minimum Gasteiger partial charge on any atom is -0.488 e. The van der Waals surface area contributed by atoms with Crippen LogP contribution in [0.25, 0.3) is 0 Å². The Balaban J connectivity index is 1.44. The van der Waals surface area contributed by atoms with E-state index in [1.165, 1.54) is 6.26 Å². The molecule has 1 aromatic heterocycles. The quantitative estimate of drug-likeness (QED) is 0.428. The number of nitrogens with one attached hydrogen (secondary N) is 2. The lowest BCUT2D eigenvalue weighted by molar-refractivity contribution is 0.0994. The smallest absolute Gasteiger partial charge is 0.291 e. The zero-order chi connectivity index (χ0) is 21.5. The molecule has 4 aromatic rings. The molecule has 0 radical (unpaired) electrons. The average molecular weight is 412 g/mol. The first kappa shape index (κ1) is 20.0. The largest absolute Gasteiger partial charge is 0.488 e. The minimum absolute atomic E-state index is 0.207. The second-order valence-corrected chi connectivity index (χ2v) is 6.74. The Labute approximate surface area is 179 Å². The Morgan fingerprint density at radius 2 is 1.45 bits per heavy atom. The molecule has 0 bridgehead atoms. The molecule has 0 aliphatic carbocycles. The first-order valence-electron chi connectivity index (χ1n) is 9.71. The van der Waals surface area contributed by atoms with Crippen molar-refractivity contribution < 1.29 is 18.7 Å². The van der Waals surface area contributed by atoms with Crippen LogP contribution in [-0.4, -0.2) is 11.8 Å². The molecule has 3 aromatic carbocycles. The summed E-state index contributed by atoms with van der Waals surface area (Å²) in [6.45, 7) is 0.361. The van der Waals surface area contributed by atoms with Gasteiger partial charge in [-0.2, -0.15) is 0 Å². The van der Waals surface area contributed by atoms with E-state index in [0.717, 1.165) is 5.56 Å². The highest BCUT2D eigenvalue weighted by Crippen LogP contribution is 2.22. The van der Waals surface area contributed by atoms with E-state index in [2.05, 4.69) is 10.6 Å². The van der Waals surface area contributed by atoms with Crippen molar-refractivity contribution in [1.29, 1.82) is 0 Å². The highest BCUT2D eigenvalue weighted by atomic mass is 16.5. The summed E-state index contributed by atoms with van der Waals surface area (Å²) in [6.07, 6.45) is 1.43. The molecule has 154 valence electrons. The number of hydrogen-bond acceptors (Lipinski definition) is 4. The molecule has 0 saturated carbocycles. The summed E-state index contributed by atoms with van der Waals surface area (Å²) < 4.78 is 11.0. The number of rotatable bonds is 7. The van der Waals surface area contributed by atoms with Crippen molar-refractivity contribution in [2.45, 2.75) is 6.61 Å². The summed E-state index contributed by atoms with van der Waals surface area (Å²) in [7, 11) is 0. The molecule has 0 atom stereocenters. The zero-order valence-electron chi connectivity index (χ0n) is 16.6.